The van der Waals surface area contributed by atoms with Crippen LogP contribution in [0.25, 0.3) is 11.1 Å². The number of hydrogen-bond donors (Lipinski definition) is 0. The molecule has 0 radical (unpaired) electrons. The third kappa shape index (κ3) is 3.85. The van der Waals surface area contributed by atoms with Crippen molar-refractivity contribution in [2.75, 3.05) is 31.1 Å². The van der Waals surface area contributed by atoms with E-state index in [1.165, 1.54) is 11.3 Å². The van der Waals surface area contributed by atoms with Crippen molar-refractivity contribution in [3.63, 3.8) is 0 Å². The van der Waals surface area contributed by atoms with Crippen LogP contribution >= 0.6 is 22.6 Å². The monoisotopic (exact) mass is 472 g/mol. The minimum absolute atomic E-state index is 0.123. The van der Waals surface area contributed by atoms with Crippen molar-refractivity contribution >= 4 is 43.3 Å². The highest BCUT2D eigenvalue weighted by Gasteiger charge is 2.21. The molecule has 2 aromatic heterocycles. The summed E-state index contributed by atoms with van der Waals surface area (Å²) in [5.41, 5.74) is 5.79. The van der Waals surface area contributed by atoms with Gasteiger partial charge in [-0.2, -0.15) is 5.10 Å². The highest BCUT2D eigenvalue weighted by molar-refractivity contribution is 14.1. The summed E-state index contributed by atoms with van der Waals surface area (Å²) in [6, 6.07) is 4.26. The maximum Gasteiger partial charge on any atom is 0.283 e. The lowest BCUT2D eigenvalue weighted by Crippen LogP contribution is -2.47. The van der Waals surface area contributed by atoms with Crippen molar-refractivity contribution in [3.8, 4) is 0 Å². The Morgan fingerprint density at radius 3 is 2.67 bits per heavy atom. The quantitative estimate of drug-likeness (QED) is 0.368. The highest BCUT2D eigenvalue weighted by Crippen LogP contribution is 2.28. The van der Waals surface area contributed by atoms with Crippen LogP contribution in [0.1, 0.15) is 12.5 Å². The molecule has 6 heteroatoms. The molecule has 1 saturated heterocycles. The first-order valence-electron chi connectivity index (χ1n) is 9.02. The summed E-state index contributed by atoms with van der Waals surface area (Å²) in [4.78, 5) is 15.8. The molecule has 0 unspecified atom stereocenters. The maximum atomic E-state index is 11.6. The molecule has 2 aliphatic rings. The predicted molar refractivity (Wildman–Crippen MR) is 118 cm³/mol. The number of rotatable bonds is 2. The summed E-state index contributed by atoms with van der Waals surface area (Å²) in [6.45, 7) is 5.29. The van der Waals surface area contributed by atoms with Gasteiger partial charge in [-0.15, -0.1) is 0 Å². The van der Waals surface area contributed by atoms with E-state index in [9.17, 15) is 4.79 Å². The van der Waals surface area contributed by atoms with Crippen molar-refractivity contribution in [1.29, 1.82) is 0 Å². The van der Waals surface area contributed by atoms with Crippen LogP contribution in [0.4, 0.5) is 10.5 Å². The summed E-state index contributed by atoms with van der Waals surface area (Å²) < 4.78 is 2.07. The van der Waals surface area contributed by atoms with E-state index in [4.69, 9.17) is 0 Å². The van der Waals surface area contributed by atoms with Gasteiger partial charge in [-0.05, 0) is 24.6 Å². The second kappa shape index (κ2) is 7.72. The Kier molecular flexibility index (Phi) is 5.15. The number of piperazine rings is 1. The largest absolute Gasteiger partial charge is 0.366 e. The molecule has 138 valence electrons. The number of fused-ring (bicyclic) bond motifs is 1. The minimum Gasteiger partial charge on any atom is -0.366 e. The van der Waals surface area contributed by atoms with Crippen molar-refractivity contribution in [2.24, 2.45) is 0 Å². The average Bonchev–Trinajstić information content (AvgIpc) is 3.09. The van der Waals surface area contributed by atoms with E-state index in [0.29, 0.717) is 0 Å². The van der Waals surface area contributed by atoms with E-state index in [-0.39, 0.29) is 3.91 Å². The standard InChI is InChI=1S/C21H21IN4O/c1-16-4-2-3-5-17(7-6-16)18-14-20-19(8-9-23-26(20)15-18)24-10-12-25(13-11-24)21(22)27/h2-9,14-15H,10-13H2,1H3/b3-2-,4-2?,5-3?,7-6?,16-4?,16-6?,17-5+,17-7?. The van der Waals surface area contributed by atoms with Gasteiger partial charge in [-0.1, -0.05) is 42.0 Å². The molecule has 1 aliphatic heterocycles. The van der Waals surface area contributed by atoms with Crippen LogP contribution in [0, 0.1) is 0 Å². The van der Waals surface area contributed by atoms with E-state index in [1.54, 1.807) is 0 Å². The number of halogens is 1. The fraction of sp³-hybridized carbons (Fsp3) is 0.238. The molecule has 0 aromatic carbocycles. The molecule has 1 aliphatic carbocycles. The van der Waals surface area contributed by atoms with Crippen LogP contribution in [-0.2, 0) is 0 Å². The summed E-state index contributed by atoms with van der Waals surface area (Å²) in [5, 5.41) is 4.50. The second-order valence-electron chi connectivity index (χ2n) is 6.75. The molecule has 0 saturated carbocycles. The summed E-state index contributed by atoms with van der Waals surface area (Å²) in [7, 11) is 0. The third-order valence-electron chi connectivity index (χ3n) is 4.96. The van der Waals surface area contributed by atoms with Crippen LogP contribution in [0.5, 0.6) is 0 Å². The molecule has 4 rings (SSSR count). The van der Waals surface area contributed by atoms with E-state index < -0.39 is 0 Å². The van der Waals surface area contributed by atoms with Crippen LogP contribution in [0.15, 0.2) is 66.6 Å². The molecule has 1 fully saturated rings. The topological polar surface area (TPSA) is 40.8 Å². The van der Waals surface area contributed by atoms with Crippen LogP contribution in [-0.4, -0.2) is 44.6 Å². The lowest BCUT2D eigenvalue weighted by atomic mass is 10.1. The highest BCUT2D eigenvalue weighted by atomic mass is 127. The van der Waals surface area contributed by atoms with Crippen molar-refractivity contribution in [3.05, 3.63) is 72.1 Å². The Bertz CT molecular complexity index is 991. The Balaban J connectivity index is 1.65. The van der Waals surface area contributed by atoms with E-state index >= 15 is 0 Å². The van der Waals surface area contributed by atoms with Gasteiger partial charge in [0.25, 0.3) is 3.91 Å². The fourth-order valence-corrected chi connectivity index (χ4v) is 3.92. The molecule has 0 atom stereocenters. The molecule has 3 heterocycles. The number of amides is 1. The maximum absolute atomic E-state index is 11.6. The molecule has 27 heavy (non-hydrogen) atoms. The van der Waals surface area contributed by atoms with Crippen LogP contribution < -0.4 is 4.90 Å². The number of aromatic nitrogens is 2. The van der Waals surface area contributed by atoms with Gasteiger partial charge in [0, 0.05) is 66.7 Å². The van der Waals surface area contributed by atoms with Crippen molar-refractivity contribution in [2.45, 2.75) is 6.92 Å². The number of carbonyl (C=O) groups is 1. The number of allylic oxidation sites excluding steroid dienone is 8. The Morgan fingerprint density at radius 1 is 1.11 bits per heavy atom. The molecular formula is C21H21IN4O. The zero-order valence-corrected chi connectivity index (χ0v) is 17.3. The smallest absolute Gasteiger partial charge is 0.283 e. The zero-order valence-electron chi connectivity index (χ0n) is 15.2. The third-order valence-corrected chi connectivity index (χ3v) is 5.64. The Hall–Kier alpha value is -2.35. The molecule has 2 aromatic rings. The van der Waals surface area contributed by atoms with E-state index in [1.807, 2.05) is 38.2 Å². The number of carbonyl (C=O) groups excluding carboxylic acids is 1. The first-order valence-corrected chi connectivity index (χ1v) is 10.1. The Labute approximate surface area is 172 Å². The zero-order chi connectivity index (χ0) is 18.8. The first-order chi connectivity index (χ1) is 13.1. The molecule has 1 amide bonds. The molecule has 0 spiro atoms. The number of nitrogens with zero attached hydrogens (tertiary/aromatic N) is 4. The van der Waals surface area contributed by atoms with E-state index in [2.05, 4.69) is 71.7 Å². The van der Waals surface area contributed by atoms with Gasteiger partial charge in [-0.3, -0.25) is 4.79 Å². The molecule has 0 bridgehead atoms. The van der Waals surface area contributed by atoms with Gasteiger partial charge in [0.05, 0.1) is 11.2 Å². The molecule has 5 nitrogen and oxygen atoms in total. The summed E-state index contributed by atoms with van der Waals surface area (Å²) >= 11 is 1.87. The van der Waals surface area contributed by atoms with Crippen LogP contribution in [0.3, 0.4) is 0 Å². The van der Waals surface area contributed by atoms with Crippen LogP contribution in [0.2, 0.25) is 0 Å². The van der Waals surface area contributed by atoms with Gasteiger partial charge in [-0.25, -0.2) is 4.52 Å². The normalized spacial score (nSPS) is 20.7. The van der Waals surface area contributed by atoms with Gasteiger partial charge >= 0.3 is 0 Å². The van der Waals surface area contributed by atoms with Gasteiger partial charge in [0.15, 0.2) is 0 Å². The second-order valence-corrected chi connectivity index (χ2v) is 7.68. The van der Waals surface area contributed by atoms with Gasteiger partial charge in [0.2, 0.25) is 0 Å². The van der Waals surface area contributed by atoms with Gasteiger partial charge < -0.3 is 9.80 Å². The van der Waals surface area contributed by atoms with E-state index in [0.717, 1.165) is 42.8 Å². The summed E-state index contributed by atoms with van der Waals surface area (Å²) in [6.07, 6.45) is 16.6. The number of hydrogen-bond acceptors (Lipinski definition) is 3. The lowest BCUT2D eigenvalue weighted by Gasteiger charge is -2.35. The molecule has 0 N–H and O–H groups in total. The SMILES string of the molecule is CC1=C/C=C\C=C(\c2cc3c(N4CCN(C(=O)I)CC4)ccnn3c2)C=C1. The Morgan fingerprint density at radius 2 is 1.89 bits per heavy atom. The predicted octanol–water partition coefficient (Wildman–Crippen LogP) is 4.47. The van der Waals surface area contributed by atoms with Crippen molar-refractivity contribution in [1.82, 2.24) is 14.5 Å². The first kappa shape index (κ1) is 18.0. The number of anilines is 1. The fourth-order valence-electron chi connectivity index (χ4n) is 3.44. The minimum atomic E-state index is 0.123. The van der Waals surface area contributed by atoms with Gasteiger partial charge in [0.1, 0.15) is 0 Å². The summed E-state index contributed by atoms with van der Waals surface area (Å²) in [5.74, 6) is 0. The van der Waals surface area contributed by atoms with Crippen molar-refractivity contribution < 1.29 is 4.79 Å². The lowest BCUT2D eigenvalue weighted by molar-refractivity contribution is 0.222. The molecular weight excluding hydrogens is 451 g/mol. The average molecular weight is 472 g/mol.